The van der Waals surface area contributed by atoms with Crippen LogP contribution in [0.1, 0.15) is 17.5 Å². The van der Waals surface area contributed by atoms with Crippen molar-refractivity contribution in [3.05, 3.63) is 65.8 Å². The lowest BCUT2D eigenvalue weighted by Gasteiger charge is -2.14. The molecule has 7 nitrogen and oxygen atoms in total. The fourth-order valence-electron chi connectivity index (χ4n) is 4.85. The van der Waals surface area contributed by atoms with Gasteiger partial charge in [0.15, 0.2) is 0 Å². The van der Waals surface area contributed by atoms with E-state index in [-0.39, 0.29) is 23.7 Å². The number of benzene rings is 2. The number of likely N-dealkylation sites (tertiary alicyclic amines) is 1. The summed E-state index contributed by atoms with van der Waals surface area (Å²) >= 11 is 0. The van der Waals surface area contributed by atoms with E-state index in [9.17, 15) is 9.18 Å². The summed E-state index contributed by atoms with van der Waals surface area (Å²) in [6.45, 7) is 7.62. The SMILES string of the molecule is C=C(COC)C(=O)Nc1cc2c(Nc3cccc(C)c3F)ncnc2cc1C#C[C@@]12C[C@@H]1CN(C)C2. The van der Waals surface area contributed by atoms with Crippen LogP contribution in [0.25, 0.3) is 10.9 Å². The van der Waals surface area contributed by atoms with Gasteiger partial charge in [0.1, 0.15) is 18.0 Å². The number of fused-ring (bicyclic) bond motifs is 2. The van der Waals surface area contributed by atoms with Gasteiger partial charge >= 0.3 is 0 Å². The van der Waals surface area contributed by atoms with E-state index in [4.69, 9.17) is 4.74 Å². The Kier molecular flexibility index (Phi) is 6.20. The van der Waals surface area contributed by atoms with Gasteiger partial charge in [-0.1, -0.05) is 30.6 Å². The summed E-state index contributed by atoms with van der Waals surface area (Å²) in [6.07, 6.45) is 2.53. The van der Waals surface area contributed by atoms with Gasteiger partial charge in [-0.3, -0.25) is 4.79 Å². The van der Waals surface area contributed by atoms with Crippen LogP contribution < -0.4 is 10.6 Å². The van der Waals surface area contributed by atoms with E-state index in [1.807, 2.05) is 6.07 Å². The van der Waals surface area contributed by atoms with Crippen LogP contribution in [-0.2, 0) is 9.53 Å². The average molecular weight is 486 g/mol. The van der Waals surface area contributed by atoms with E-state index >= 15 is 0 Å². The molecule has 2 fully saturated rings. The maximum Gasteiger partial charge on any atom is 0.253 e. The summed E-state index contributed by atoms with van der Waals surface area (Å²) in [5.74, 6) is 7.11. The molecule has 0 unspecified atom stereocenters. The highest BCUT2D eigenvalue weighted by molar-refractivity contribution is 6.06. The molecule has 2 heterocycles. The molecular weight excluding hydrogens is 457 g/mol. The Morgan fingerprint density at radius 2 is 2.17 bits per heavy atom. The average Bonchev–Trinajstić information content (AvgIpc) is 3.41. The van der Waals surface area contributed by atoms with Gasteiger partial charge in [-0.05, 0) is 50.1 Å². The number of hydrogen-bond acceptors (Lipinski definition) is 6. The zero-order valence-electron chi connectivity index (χ0n) is 20.6. The molecule has 184 valence electrons. The van der Waals surface area contributed by atoms with Gasteiger partial charge in [0.25, 0.3) is 5.91 Å². The van der Waals surface area contributed by atoms with Crippen molar-refractivity contribution in [2.45, 2.75) is 13.3 Å². The first-order valence-corrected chi connectivity index (χ1v) is 11.8. The normalized spacial score (nSPS) is 20.4. The van der Waals surface area contributed by atoms with Crippen LogP contribution in [-0.4, -0.2) is 54.6 Å². The van der Waals surface area contributed by atoms with Gasteiger partial charge < -0.3 is 20.3 Å². The number of aromatic nitrogens is 2. The van der Waals surface area contributed by atoms with E-state index in [0.717, 1.165) is 19.5 Å². The summed E-state index contributed by atoms with van der Waals surface area (Å²) in [7, 11) is 3.62. The van der Waals surface area contributed by atoms with Crippen molar-refractivity contribution in [2.24, 2.45) is 11.3 Å². The van der Waals surface area contributed by atoms with E-state index in [0.29, 0.717) is 50.7 Å². The summed E-state index contributed by atoms with van der Waals surface area (Å²) in [4.78, 5) is 23.8. The minimum absolute atomic E-state index is 0.0196. The first-order chi connectivity index (χ1) is 17.3. The highest BCUT2D eigenvalue weighted by Crippen LogP contribution is 2.56. The molecule has 2 N–H and O–H groups in total. The van der Waals surface area contributed by atoms with Gasteiger partial charge in [-0.25, -0.2) is 14.4 Å². The van der Waals surface area contributed by atoms with Crippen molar-refractivity contribution < 1.29 is 13.9 Å². The molecule has 5 rings (SSSR count). The van der Waals surface area contributed by atoms with Crippen LogP contribution in [0.3, 0.4) is 0 Å². The van der Waals surface area contributed by atoms with Crippen molar-refractivity contribution in [1.82, 2.24) is 14.9 Å². The molecule has 2 aliphatic rings. The first kappa shape index (κ1) is 23.9. The van der Waals surface area contributed by atoms with E-state index < -0.39 is 0 Å². The van der Waals surface area contributed by atoms with Crippen molar-refractivity contribution >= 4 is 34.0 Å². The quantitative estimate of drug-likeness (QED) is 0.401. The molecular formula is C28H28FN5O2. The molecule has 2 aromatic carbocycles. The third-order valence-electron chi connectivity index (χ3n) is 6.87. The molecule has 0 bridgehead atoms. The van der Waals surface area contributed by atoms with Crippen LogP contribution in [0.4, 0.5) is 21.6 Å². The number of hydrogen-bond donors (Lipinski definition) is 2. The van der Waals surface area contributed by atoms with Crippen LogP contribution >= 0.6 is 0 Å². The number of aryl methyl sites for hydroxylation is 1. The van der Waals surface area contributed by atoms with Gasteiger partial charge in [0.05, 0.1) is 29.1 Å². The van der Waals surface area contributed by atoms with E-state index in [2.05, 4.69) is 51.0 Å². The zero-order valence-corrected chi connectivity index (χ0v) is 20.6. The molecule has 0 radical (unpaired) electrons. The number of nitrogens with zero attached hydrogens (tertiary/aromatic N) is 3. The molecule has 3 aromatic rings. The predicted molar refractivity (Wildman–Crippen MR) is 139 cm³/mol. The number of nitrogens with one attached hydrogen (secondary N) is 2. The second kappa shape index (κ2) is 9.34. The third kappa shape index (κ3) is 4.55. The number of anilines is 3. The second-order valence-corrected chi connectivity index (χ2v) is 9.69. The monoisotopic (exact) mass is 485 g/mol. The Hall–Kier alpha value is -3.80. The van der Waals surface area contributed by atoms with Crippen LogP contribution in [0.2, 0.25) is 0 Å². The van der Waals surface area contributed by atoms with Crippen LogP contribution in [0.15, 0.2) is 48.8 Å². The van der Waals surface area contributed by atoms with E-state index in [1.165, 1.54) is 13.4 Å². The molecule has 1 aliphatic heterocycles. The van der Waals surface area contributed by atoms with Crippen LogP contribution in [0, 0.1) is 35.9 Å². The van der Waals surface area contributed by atoms with Gasteiger partial charge in [0.2, 0.25) is 0 Å². The molecule has 2 atom stereocenters. The number of piperidine rings is 1. The highest BCUT2D eigenvalue weighted by atomic mass is 19.1. The van der Waals surface area contributed by atoms with E-state index in [1.54, 1.807) is 31.2 Å². The topological polar surface area (TPSA) is 79.4 Å². The van der Waals surface area contributed by atoms with Crippen LogP contribution in [0.5, 0.6) is 0 Å². The number of amides is 1. The van der Waals surface area contributed by atoms with Crippen molar-refractivity contribution in [3.63, 3.8) is 0 Å². The lowest BCUT2D eigenvalue weighted by atomic mass is 10.0. The molecule has 8 heteroatoms. The molecule has 1 saturated heterocycles. The molecule has 1 amide bonds. The lowest BCUT2D eigenvalue weighted by molar-refractivity contribution is -0.113. The summed E-state index contributed by atoms with van der Waals surface area (Å²) < 4.78 is 19.7. The fraction of sp³-hybridized carbons (Fsp3) is 0.321. The molecule has 1 aromatic heterocycles. The van der Waals surface area contributed by atoms with Gasteiger partial charge in [0, 0.05) is 36.6 Å². The van der Waals surface area contributed by atoms with Gasteiger partial charge in [-0.2, -0.15) is 0 Å². The molecule has 1 aliphatic carbocycles. The smallest absolute Gasteiger partial charge is 0.253 e. The molecule has 36 heavy (non-hydrogen) atoms. The fourth-order valence-corrected chi connectivity index (χ4v) is 4.85. The molecule has 1 saturated carbocycles. The summed E-state index contributed by atoms with van der Waals surface area (Å²) in [5.41, 5.74) is 2.94. The number of carbonyl (C=O) groups excluding carboxylic acids is 1. The Labute approximate surface area is 209 Å². The zero-order chi connectivity index (χ0) is 25.4. The molecule has 0 spiro atoms. The largest absolute Gasteiger partial charge is 0.380 e. The standard InChI is InChI=1S/C28H28FN5O2/c1-17-6-5-7-22(25(17)29)32-26-21-11-23(33-27(35)18(2)14-36-4)19(10-24(21)30-16-31-26)8-9-28-12-20(28)13-34(3)15-28/h5-7,10-11,16,20H,2,12-15H2,1,3-4H3,(H,33,35)(H,30,31,32)/t20-,28+/m1/s1. The minimum Gasteiger partial charge on any atom is -0.380 e. The maximum atomic E-state index is 14.7. The van der Waals surface area contributed by atoms with Crippen molar-refractivity contribution in [1.29, 1.82) is 0 Å². The van der Waals surface area contributed by atoms with Crippen molar-refractivity contribution in [2.75, 3.05) is 44.5 Å². The second-order valence-electron chi connectivity index (χ2n) is 9.69. The maximum absolute atomic E-state index is 14.7. The Bertz CT molecular complexity index is 1440. The van der Waals surface area contributed by atoms with Crippen molar-refractivity contribution in [3.8, 4) is 11.8 Å². The Balaban J connectivity index is 1.56. The number of carbonyl (C=O) groups is 1. The third-order valence-corrected chi connectivity index (χ3v) is 6.87. The Morgan fingerprint density at radius 1 is 1.33 bits per heavy atom. The lowest BCUT2D eigenvalue weighted by Crippen LogP contribution is -2.19. The highest BCUT2D eigenvalue weighted by Gasteiger charge is 2.58. The minimum atomic E-state index is -0.363. The number of ether oxygens (including phenoxy) is 1. The predicted octanol–water partition coefficient (Wildman–Crippen LogP) is 4.27. The number of methoxy groups -OCH3 is 1. The Morgan fingerprint density at radius 3 is 2.92 bits per heavy atom. The summed E-state index contributed by atoms with van der Waals surface area (Å²) in [6, 6.07) is 8.74. The first-order valence-electron chi connectivity index (χ1n) is 11.8. The number of halogens is 1. The summed E-state index contributed by atoms with van der Waals surface area (Å²) in [5, 5.41) is 6.62. The number of rotatable bonds is 6. The van der Waals surface area contributed by atoms with Gasteiger partial charge in [-0.15, -0.1) is 0 Å².